The van der Waals surface area contributed by atoms with Gasteiger partial charge in [-0.25, -0.2) is 0 Å². The summed E-state index contributed by atoms with van der Waals surface area (Å²) in [6, 6.07) is 5.28. The van der Waals surface area contributed by atoms with Crippen LogP contribution in [0.25, 0.3) is 0 Å². The molecule has 1 aromatic rings. The van der Waals surface area contributed by atoms with Crippen LogP contribution in [0.3, 0.4) is 0 Å². The second-order valence-electron chi connectivity index (χ2n) is 4.05. The van der Waals surface area contributed by atoms with Crippen LogP contribution in [-0.4, -0.2) is 17.8 Å². The van der Waals surface area contributed by atoms with Crippen LogP contribution >= 0.6 is 23.2 Å². The molecule has 0 fully saturated rings. The molecule has 0 radical (unpaired) electrons. The fourth-order valence-electron chi connectivity index (χ4n) is 1.80. The fourth-order valence-corrected chi connectivity index (χ4v) is 2.29. The van der Waals surface area contributed by atoms with Crippen LogP contribution in [0.4, 0.5) is 0 Å². The first-order chi connectivity index (χ1) is 8.16. The average molecular weight is 273 g/mol. The first kappa shape index (κ1) is 12.7. The molecule has 1 N–H and O–H groups in total. The van der Waals surface area contributed by atoms with Crippen molar-refractivity contribution in [2.45, 2.75) is 25.4 Å². The van der Waals surface area contributed by atoms with Crippen LogP contribution in [0.15, 0.2) is 30.0 Å². The monoisotopic (exact) mass is 272 g/mol. The van der Waals surface area contributed by atoms with Crippen molar-refractivity contribution < 1.29 is 9.84 Å². The van der Waals surface area contributed by atoms with E-state index in [-0.39, 0.29) is 0 Å². The normalized spacial score (nSPS) is 17.2. The number of aliphatic hydroxyl groups excluding tert-OH is 1. The summed E-state index contributed by atoms with van der Waals surface area (Å²) in [6.45, 7) is 0.678. The molecule has 0 spiro atoms. The summed E-state index contributed by atoms with van der Waals surface area (Å²) in [4.78, 5) is 0. The Morgan fingerprint density at radius 3 is 2.82 bits per heavy atom. The molecule has 1 aliphatic rings. The van der Waals surface area contributed by atoms with E-state index in [1.54, 1.807) is 12.1 Å². The SMILES string of the molecule is OC(Cc1ccc(Cl)cc1Cl)C1=CCCCO1. The molecule has 4 heteroatoms. The highest BCUT2D eigenvalue weighted by Crippen LogP contribution is 2.24. The maximum absolute atomic E-state index is 10.0. The highest BCUT2D eigenvalue weighted by Gasteiger charge is 2.16. The maximum Gasteiger partial charge on any atom is 0.121 e. The van der Waals surface area contributed by atoms with E-state index in [0.717, 1.165) is 18.4 Å². The van der Waals surface area contributed by atoms with Gasteiger partial charge in [0, 0.05) is 16.5 Å². The molecule has 0 bridgehead atoms. The van der Waals surface area contributed by atoms with Crippen molar-refractivity contribution in [3.63, 3.8) is 0 Å². The Kier molecular flexibility index (Phi) is 4.32. The molecule has 92 valence electrons. The highest BCUT2D eigenvalue weighted by atomic mass is 35.5. The van der Waals surface area contributed by atoms with E-state index < -0.39 is 6.10 Å². The number of halogens is 2. The third kappa shape index (κ3) is 3.38. The Bertz CT molecular complexity index is 429. The second-order valence-corrected chi connectivity index (χ2v) is 4.90. The molecule has 1 unspecified atom stereocenters. The van der Waals surface area contributed by atoms with E-state index in [9.17, 15) is 5.11 Å². The standard InChI is InChI=1S/C13H14Cl2O2/c14-10-5-4-9(11(15)8-10)7-12(16)13-3-1-2-6-17-13/h3-5,8,12,16H,1-2,6-7H2. The predicted molar refractivity (Wildman–Crippen MR) is 69.4 cm³/mol. The Morgan fingerprint density at radius 2 is 2.18 bits per heavy atom. The van der Waals surface area contributed by atoms with Gasteiger partial charge in [0.05, 0.1) is 6.61 Å². The van der Waals surface area contributed by atoms with Crippen LogP contribution in [-0.2, 0) is 11.2 Å². The number of benzene rings is 1. The summed E-state index contributed by atoms with van der Waals surface area (Å²) < 4.78 is 5.42. The van der Waals surface area contributed by atoms with Crippen molar-refractivity contribution in [1.82, 2.24) is 0 Å². The van der Waals surface area contributed by atoms with Crippen molar-refractivity contribution in [1.29, 1.82) is 0 Å². The molecule has 0 aromatic heterocycles. The quantitative estimate of drug-likeness (QED) is 0.911. The van der Waals surface area contributed by atoms with Gasteiger partial charge >= 0.3 is 0 Å². The summed E-state index contributed by atoms with van der Waals surface area (Å²) in [6.07, 6.45) is 3.73. The van der Waals surface area contributed by atoms with Crippen molar-refractivity contribution in [2.24, 2.45) is 0 Å². The van der Waals surface area contributed by atoms with Gasteiger partial charge in [-0.2, -0.15) is 0 Å². The maximum atomic E-state index is 10.0. The smallest absolute Gasteiger partial charge is 0.121 e. The summed E-state index contributed by atoms with van der Waals surface area (Å²) in [7, 11) is 0. The largest absolute Gasteiger partial charge is 0.495 e. The predicted octanol–water partition coefficient (Wildman–Crippen LogP) is 3.59. The van der Waals surface area contributed by atoms with Gasteiger partial charge in [-0.15, -0.1) is 0 Å². The molecule has 1 aliphatic heterocycles. The molecule has 0 saturated carbocycles. The second kappa shape index (κ2) is 5.76. The van der Waals surface area contributed by atoms with E-state index >= 15 is 0 Å². The molecule has 0 aliphatic carbocycles. The molecule has 1 aromatic carbocycles. The lowest BCUT2D eigenvalue weighted by molar-refractivity contribution is 0.0918. The zero-order chi connectivity index (χ0) is 12.3. The van der Waals surface area contributed by atoms with Gasteiger partial charge in [-0.3, -0.25) is 0 Å². The molecule has 1 heterocycles. The van der Waals surface area contributed by atoms with E-state index in [0.29, 0.717) is 28.8 Å². The van der Waals surface area contributed by atoms with Crippen molar-refractivity contribution in [3.8, 4) is 0 Å². The molecule has 0 amide bonds. The van der Waals surface area contributed by atoms with Crippen LogP contribution in [0.5, 0.6) is 0 Å². The van der Waals surface area contributed by atoms with Gasteiger partial charge < -0.3 is 9.84 Å². The van der Waals surface area contributed by atoms with Gasteiger partial charge in [-0.1, -0.05) is 29.3 Å². The summed E-state index contributed by atoms with van der Waals surface area (Å²) in [5.41, 5.74) is 0.874. The summed E-state index contributed by atoms with van der Waals surface area (Å²) in [5, 5.41) is 11.2. The van der Waals surface area contributed by atoms with Crippen molar-refractivity contribution in [3.05, 3.63) is 45.6 Å². The number of hydrogen-bond acceptors (Lipinski definition) is 2. The number of ether oxygens (including phenoxy) is 1. The van der Waals surface area contributed by atoms with Crippen LogP contribution < -0.4 is 0 Å². The zero-order valence-corrected chi connectivity index (χ0v) is 10.8. The molecular formula is C13H14Cl2O2. The highest BCUT2D eigenvalue weighted by molar-refractivity contribution is 6.35. The average Bonchev–Trinajstić information content (AvgIpc) is 2.34. The number of hydrogen-bond donors (Lipinski definition) is 1. The molecule has 2 rings (SSSR count). The van der Waals surface area contributed by atoms with E-state index in [1.165, 1.54) is 0 Å². The van der Waals surface area contributed by atoms with Gasteiger partial charge in [0.1, 0.15) is 11.9 Å². The summed E-state index contributed by atoms with van der Waals surface area (Å²) in [5.74, 6) is 0.655. The minimum atomic E-state index is -0.631. The third-order valence-corrected chi connectivity index (χ3v) is 3.31. The van der Waals surface area contributed by atoms with Crippen LogP contribution in [0.1, 0.15) is 18.4 Å². The third-order valence-electron chi connectivity index (χ3n) is 2.72. The van der Waals surface area contributed by atoms with E-state index in [1.807, 2.05) is 12.1 Å². The van der Waals surface area contributed by atoms with Crippen LogP contribution in [0.2, 0.25) is 10.0 Å². The molecule has 2 nitrogen and oxygen atoms in total. The number of rotatable bonds is 3. The Hall–Kier alpha value is -0.700. The first-order valence-electron chi connectivity index (χ1n) is 5.61. The molecule has 17 heavy (non-hydrogen) atoms. The lowest BCUT2D eigenvalue weighted by Crippen LogP contribution is -2.19. The lowest BCUT2D eigenvalue weighted by Gasteiger charge is -2.20. The minimum absolute atomic E-state index is 0.446. The van der Waals surface area contributed by atoms with Gasteiger partial charge in [0.25, 0.3) is 0 Å². The topological polar surface area (TPSA) is 29.5 Å². The molecule has 1 atom stereocenters. The molecule has 0 saturated heterocycles. The van der Waals surface area contributed by atoms with E-state index in [2.05, 4.69) is 0 Å². The zero-order valence-electron chi connectivity index (χ0n) is 9.33. The Morgan fingerprint density at radius 1 is 1.35 bits per heavy atom. The molecular weight excluding hydrogens is 259 g/mol. The van der Waals surface area contributed by atoms with Gasteiger partial charge in [0.2, 0.25) is 0 Å². The van der Waals surface area contributed by atoms with Crippen molar-refractivity contribution >= 4 is 23.2 Å². The number of allylic oxidation sites excluding steroid dienone is 1. The first-order valence-corrected chi connectivity index (χ1v) is 6.37. The Balaban J connectivity index is 2.07. The fraction of sp³-hybridized carbons (Fsp3) is 0.385. The summed E-state index contributed by atoms with van der Waals surface area (Å²) >= 11 is 11.9. The van der Waals surface area contributed by atoms with E-state index in [4.69, 9.17) is 27.9 Å². The Labute approximate surface area is 111 Å². The van der Waals surface area contributed by atoms with Gasteiger partial charge in [0.15, 0.2) is 0 Å². The number of aliphatic hydroxyl groups is 1. The lowest BCUT2D eigenvalue weighted by atomic mass is 10.0. The van der Waals surface area contributed by atoms with Crippen LogP contribution in [0, 0.1) is 0 Å². The van der Waals surface area contributed by atoms with Crippen molar-refractivity contribution in [2.75, 3.05) is 6.61 Å². The van der Waals surface area contributed by atoms with Gasteiger partial charge in [-0.05, 0) is 36.6 Å². The minimum Gasteiger partial charge on any atom is -0.495 e.